The maximum Gasteiger partial charge on any atom is 0.251 e. The predicted molar refractivity (Wildman–Crippen MR) is 129 cm³/mol. The summed E-state index contributed by atoms with van der Waals surface area (Å²) < 4.78 is 32.8. The van der Waals surface area contributed by atoms with E-state index < -0.39 is 15.9 Å². The van der Waals surface area contributed by atoms with Gasteiger partial charge in [-0.15, -0.1) is 0 Å². The van der Waals surface area contributed by atoms with Crippen LogP contribution in [0.1, 0.15) is 44.5 Å². The first-order valence-electron chi connectivity index (χ1n) is 10.7. The first-order valence-corrected chi connectivity index (χ1v) is 12.5. The lowest BCUT2D eigenvalue weighted by atomic mass is 10.2. The number of carbonyl (C=O) groups is 2. The number of rotatable bonds is 11. The normalized spacial score (nSPS) is 11.5. The summed E-state index contributed by atoms with van der Waals surface area (Å²) in [5.74, 6) is -0.352. The number of amides is 2. The number of sulfonamides is 1. The number of nitrogens with one attached hydrogen (secondary N) is 2. The first-order chi connectivity index (χ1) is 15.6. The van der Waals surface area contributed by atoms with Crippen molar-refractivity contribution in [2.75, 3.05) is 25.0 Å². The van der Waals surface area contributed by atoms with Gasteiger partial charge in [0.1, 0.15) is 5.75 Å². The van der Waals surface area contributed by atoms with Gasteiger partial charge in [0.2, 0.25) is 15.9 Å². The number of benzene rings is 2. The van der Waals surface area contributed by atoms with E-state index in [2.05, 4.69) is 10.6 Å². The summed E-state index contributed by atoms with van der Waals surface area (Å²) >= 11 is 5.82. The summed E-state index contributed by atoms with van der Waals surface area (Å²) in [6.07, 6.45) is -0.183. The summed E-state index contributed by atoms with van der Waals surface area (Å²) in [5.41, 5.74) is 0.688. The van der Waals surface area contributed by atoms with Gasteiger partial charge in [-0.05, 0) is 56.3 Å². The molecule has 2 N–H and O–H groups in total. The molecule has 0 saturated carbocycles. The van der Waals surface area contributed by atoms with Gasteiger partial charge in [-0.25, -0.2) is 8.42 Å². The minimum Gasteiger partial charge on any atom is -0.489 e. The lowest BCUT2D eigenvalue weighted by molar-refractivity contribution is -0.116. The predicted octanol–water partition coefficient (Wildman–Crippen LogP) is 3.92. The lowest BCUT2D eigenvalue weighted by Crippen LogP contribution is -2.30. The average molecular weight is 496 g/mol. The van der Waals surface area contributed by atoms with E-state index >= 15 is 0 Å². The van der Waals surface area contributed by atoms with Crippen LogP contribution >= 0.6 is 11.6 Å². The molecule has 0 bridgehead atoms. The Kier molecular flexibility index (Phi) is 9.70. The van der Waals surface area contributed by atoms with Crippen LogP contribution in [0.25, 0.3) is 0 Å². The Morgan fingerprint density at radius 2 is 1.70 bits per heavy atom. The van der Waals surface area contributed by atoms with Crippen molar-refractivity contribution < 1.29 is 22.7 Å². The molecule has 2 aromatic carbocycles. The highest BCUT2D eigenvalue weighted by atomic mass is 35.5. The van der Waals surface area contributed by atoms with Gasteiger partial charge >= 0.3 is 0 Å². The highest BCUT2D eigenvalue weighted by Crippen LogP contribution is 2.30. The van der Waals surface area contributed by atoms with Crippen molar-refractivity contribution >= 4 is 39.1 Å². The van der Waals surface area contributed by atoms with Gasteiger partial charge in [-0.3, -0.25) is 9.59 Å². The topological polar surface area (TPSA) is 105 Å². The fourth-order valence-corrected chi connectivity index (χ4v) is 4.65. The number of carbonyl (C=O) groups excluding carboxylic acids is 2. The van der Waals surface area contributed by atoms with Crippen molar-refractivity contribution in [3.8, 4) is 5.75 Å². The van der Waals surface area contributed by atoms with E-state index in [1.807, 2.05) is 13.8 Å². The van der Waals surface area contributed by atoms with Gasteiger partial charge in [0.15, 0.2) is 0 Å². The van der Waals surface area contributed by atoms with E-state index in [-0.39, 0.29) is 35.6 Å². The van der Waals surface area contributed by atoms with E-state index in [9.17, 15) is 18.0 Å². The zero-order valence-electron chi connectivity index (χ0n) is 19.2. The zero-order chi connectivity index (χ0) is 24.6. The molecule has 0 aromatic heterocycles. The van der Waals surface area contributed by atoms with Crippen molar-refractivity contribution in [3.63, 3.8) is 0 Å². The van der Waals surface area contributed by atoms with Crippen molar-refractivity contribution in [1.82, 2.24) is 9.62 Å². The van der Waals surface area contributed by atoms with Crippen LogP contribution < -0.4 is 15.4 Å². The smallest absolute Gasteiger partial charge is 0.251 e. The fraction of sp³-hybridized carbons (Fsp3) is 0.391. The van der Waals surface area contributed by atoms with Crippen LogP contribution in [0.5, 0.6) is 5.75 Å². The molecule has 8 nitrogen and oxygen atoms in total. The van der Waals surface area contributed by atoms with Crippen molar-refractivity contribution in [2.45, 2.75) is 45.1 Å². The minimum atomic E-state index is -3.71. The van der Waals surface area contributed by atoms with Crippen molar-refractivity contribution in [1.29, 1.82) is 0 Å². The third-order valence-corrected chi connectivity index (χ3v) is 6.97. The molecule has 10 heteroatoms. The van der Waals surface area contributed by atoms with Crippen LogP contribution in [-0.4, -0.2) is 50.3 Å². The van der Waals surface area contributed by atoms with Crippen LogP contribution in [0.2, 0.25) is 5.02 Å². The molecule has 0 atom stereocenters. The highest BCUT2D eigenvalue weighted by Gasteiger charge is 2.23. The number of halogens is 1. The Labute approximate surface area is 200 Å². The second-order valence-electron chi connectivity index (χ2n) is 7.47. The van der Waals surface area contributed by atoms with E-state index in [1.54, 1.807) is 38.1 Å². The number of hydrogen-bond donors (Lipinski definition) is 2. The standard InChI is InChI=1S/C23H30ClN3O5S/c1-5-27(6-2)33(30,31)19-11-12-21(32-16(3)4)20(15-19)26-22(28)13-14-25-23(29)17-7-9-18(24)10-8-17/h7-12,15-16H,5-6,13-14H2,1-4H3,(H,25,29)(H,26,28). The Balaban J connectivity index is 2.12. The summed E-state index contributed by atoms with van der Waals surface area (Å²) in [6.45, 7) is 7.95. The summed E-state index contributed by atoms with van der Waals surface area (Å²) in [7, 11) is -3.71. The van der Waals surface area contributed by atoms with Crippen molar-refractivity contribution in [3.05, 3.63) is 53.1 Å². The molecule has 0 heterocycles. The van der Waals surface area contributed by atoms with E-state index in [0.29, 0.717) is 29.4 Å². The Hall–Kier alpha value is -2.62. The van der Waals surface area contributed by atoms with Crippen LogP contribution in [0.15, 0.2) is 47.4 Å². The maximum atomic E-state index is 12.9. The molecule has 0 aliphatic rings. The molecule has 0 spiro atoms. The molecule has 2 rings (SSSR count). The zero-order valence-corrected chi connectivity index (χ0v) is 20.8. The van der Waals surface area contributed by atoms with Gasteiger partial charge in [0, 0.05) is 36.6 Å². The second-order valence-corrected chi connectivity index (χ2v) is 9.85. The van der Waals surface area contributed by atoms with E-state index in [4.69, 9.17) is 16.3 Å². The van der Waals surface area contributed by atoms with Crippen molar-refractivity contribution in [2.24, 2.45) is 0 Å². The van der Waals surface area contributed by atoms with Gasteiger partial charge < -0.3 is 15.4 Å². The van der Waals surface area contributed by atoms with Gasteiger partial charge in [-0.2, -0.15) is 4.31 Å². The van der Waals surface area contributed by atoms with Crippen LogP contribution in [0, 0.1) is 0 Å². The lowest BCUT2D eigenvalue weighted by Gasteiger charge is -2.20. The van der Waals surface area contributed by atoms with Crippen LogP contribution in [0.3, 0.4) is 0 Å². The monoisotopic (exact) mass is 495 g/mol. The maximum absolute atomic E-state index is 12.9. The summed E-state index contributed by atoms with van der Waals surface area (Å²) in [4.78, 5) is 24.8. The molecule has 2 amide bonds. The van der Waals surface area contributed by atoms with Gasteiger partial charge in [0.25, 0.3) is 5.91 Å². The molecule has 0 radical (unpaired) electrons. The van der Waals surface area contributed by atoms with Gasteiger partial charge in [-0.1, -0.05) is 25.4 Å². The molecule has 0 aliphatic carbocycles. The molecule has 0 aliphatic heterocycles. The molecular weight excluding hydrogens is 466 g/mol. The Bertz CT molecular complexity index is 1070. The molecule has 0 unspecified atom stereocenters. The SMILES string of the molecule is CCN(CC)S(=O)(=O)c1ccc(OC(C)C)c(NC(=O)CCNC(=O)c2ccc(Cl)cc2)c1. The van der Waals surface area contributed by atoms with E-state index in [1.165, 1.54) is 22.5 Å². The third kappa shape index (κ3) is 7.45. The molecule has 0 fully saturated rings. The first kappa shape index (κ1) is 26.6. The highest BCUT2D eigenvalue weighted by molar-refractivity contribution is 7.89. The Morgan fingerprint density at radius 3 is 2.27 bits per heavy atom. The quantitative estimate of drug-likeness (QED) is 0.491. The van der Waals surface area contributed by atoms with Gasteiger partial charge in [0.05, 0.1) is 16.7 Å². The second kappa shape index (κ2) is 12.0. The van der Waals surface area contributed by atoms with Crippen LogP contribution in [-0.2, 0) is 14.8 Å². The summed E-state index contributed by atoms with van der Waals surface area (Å²) in [6, 6.07) is 10.8. The average Bonchev–Trinajstić information content (AvgIpc) is 2.75. The number of hydrogen-bond acceptors (Lipinski definition) is 5. The molecule has 33 heavy (non-hydrogen) atoms. The number of nitrogens with zero attached hydrogens (tertiary/aromatic N) is 1. The van der Waals surface area contributed by atoms with Crippen LogP contribution in [0.4, 0.5) is 5.69 Å². The van der Waals surface area contributed by atoms with E-state index in [0.717, 1.165) is 0 Å². The third-order valence-electron chi connectivity index (χ3n) is 4.68. The molecular formula is C23H30ClN3O5S. The molecule has 2 aromatic rings. The number of anilines is 1. The molecule has 180 valence electrons. The fourth-order valence-electron chi connectivity index (χ4n) is 3.04. The minimum absolute atomic E-state index is 0.00648. The Morgan fingerprint density at radius 1 is 1.06 bits per heavy atom. The molecule has 0 saturated heterocycles. The number of ether oxygens (including phenoxy) is 1. The largest absolute Gasteiger partial charge is 0.489 e. The summed E-state index contributed by atoms with van der Waals surface area (Å²) in [5, 5.41) is 5.90.